The molecule has 3 aromatic rings. The van der Waals surface area contributed by atoms with E-state index in [4.69, 9.17) is 9.15 Å². The van der Waals surface area contributed by atoms with Gasteiger partial charge in [0.2, 0.25) is 11.7 Å². The number of rotatable bonds is 8. The van der Waals surface area contributed by atoms with Crippen LogP contribution in [0.3, 0.4) is 0 Å². The highest BCUT2D eigenvalue weighted by molar-refractivity contribution is 5.97. The molecule has 0 aliphatic carbocycles. The van der Waals surface area contributed by atoms with Gasteiger partial charge in [0.25, 0.3) is 11.6 Å². The number of nitro groups is 1. The van der Waals surface area contributed by atoms with Gasteiger partial charge in [-0.3, -0.25) is 19.7 Å². The van der Waals surface area contributed by atoms with Gasteiger partial charge < -0.3 is 14.5 Å². The standard InChI is InChI=1S/C22H18N4O7/c1-2-20(27)24-16-7-5-14(6-8-16)21(28)25-23-13-15-12-17(26(30)31)9-10-18(15)33-22(29)19-4-3-11-32-19/h3-13H,2H2,1H3,(H,24,27)(H,25,28)/b23-13+. The average Bonchev–Trinajstić information content (AvgIpc) is 3.35. The number of amides is 2. The molecule has 1 heterocycles. The highest BCUT2D eigenvalue weighted by Gasteiger charge is 2.16. The highest BCUT2D eigenvalue weighted by Crippen LogP contribution is 2.24. The van der Waals surface area contributed by atoms with E-state index in [1.165, 1.54) is 42.7 Å². The first kappa shape index (κ1) is 22.9. The third-order valence-corrected chi connectivity index (χ3v) is 4.25. The molecule has 2 N–H and O–H groups in total. The Morgan fingerprint density at radius 2 is 1.91 bits per heavy atom. The van der Waals surface area contributed by atoms with Crippen LogP contribution in [0.2, 0.25) is 0 Å². The molecule has 2 aromatic carbocycles. The number of esters is 1. The van der Waals surface area contributed by atoms with E-state index >= 15 is 0 Å². The zero-order valence-electron chi connectivity index (χ0n) is 17.3. The minimum Gasteiger partial charge on any atom is -0.457 e. The average molecular weight is 450 g/mol. The lowest BCUT2D eigenvalue weighted by atomic mass is 10.2. The minimum atomic E-state index is -0.803. The van der Waals surface area contributed by atoms with Gasteiger partial charge in [-0.15, -0.1) is 0 Å². The lowest BCUT2D eigenvalue weighted by molar-refractivity contribution is -0.384. The molecule has 33 heavy (non-hydrogen) atoms. The molecule has 0 aliphatic heterocycles. The van der Waals surface area contributed by atoms with Crippen LogP contribution in [-0.4, -0.2) is 28.9 Å². The van der Waals surface area contributed by atoms with Gasteiger partial charge in [-0.05, 0) is 42.5 Å². The molecule has 3 rings (SSSR count). The van der Waals surface area contributed by atoms with Gasteiger partial charge in [-0.25, -0.2) is 10.2 Å². The Bertz CT molecular complexity index is 1200. The fourth-order valence-corrected chi connectivity index (χ4v) is 2.57. The summed E-state index contributed by atoms with van der Waals surface area (Å²) in [5, 5.41) is 17.6. The molecule has 0 radical (unpaired) electrons. The number of anilines is 1. The number of carbonyl (C=O) groups is 3. The number of hydrogen-bond donors (Lipinski definition) is 2. The third-order valence-electron chi connectivity index (χ3n) is 4.25. The van der Waals surface area contributed by atoms with E-state index in [2.05, 4.69) is 15.8 Å². The Hall–Kier alpha value is -4.80. The normalized spacial score (nSPS) is 10.6. The summed E-state index contributed by atoms with van der Waals surface area (Å²) in [6, 6.07) is 12.6. The molecule has 0 fully saturated rings. The summed E-state index contributed by atoms with van der Waals surface area (Å²) in [5.74, 6) is -1.58. The topological polar surface area (TPSA) is 153 Å². The molecule has 168 valence electrons. The van der Waals surface area contributed by atoms with Crippen molar-refractivity contribution >= 4 is 35.4 Å². The van der Waals surface area contributed by atoms with Crippen molar-refractivity contribution in [2.45, 2.75) is 13.3 Å². The van der Waals surface area contributed by atoms with Crippen molar-refractivity contribution in [1.29, 1.82) is 0 Å². The Kier molecular flexibility index (Phi) is 7.27. The third kappa shape index (κ3) is 6.10. The maximum Gasteiger partial charge on any atom is 0.379 e. The SMILES string of the molecule is CCC(=O)Nc1ccc(C(=O)N/N=C/c2cc([N+](=O)[O-])ccc2OC(=O)c2ccco2)cc1. The van der Waals surface area contributed by atoms with E-state index in [1.807, 2.05) is 0 Å². The number of nitrogens with zero attached hydrogens (tertiary/aromatic N) is 2. The number of ether oxygens (including phenoxy) is 1. The molecular weight excluding hydrogens is 432 g/mol. The van der Waals surface area contributed by atoms with Crippen molar-refractivity contribution in [3.05, 3.63) is 87.9 Å². The maximum atomic E-state index is 12.3. The summed E-state index contributed by atoms with van der Waals surface area (Å²) < 4.78 is 10.2. The molecule has 1 aromatic heterocycles. The second-order valence-electron chi connectivity index (χ2n) is 6.52. The largest absolute Gasteiger partial charge is 0.457 e. The van der Waals surface area contributed by atoms with E-state index in [-0.39, 0.29) is 34.2 Å². The van der Waals surface area contributed by atoms with Crippen LogP contribution in [0.1, 0.15) is 39.8 Å². The Morgan fingerprint density at radius 1 is 1.15 bits per heavy atom. The maximum absolute atomic E-state index is 12.3. The summed E-state index contributed by atoms with van der Waals surface area (Å²) in [7, 11) is 0. The first-order valence-electron chi connectivity index (χ1n) is 9.65. The van der Waals surface area contributed by atoms with E-state index in [0.29, 0.717) is 12.1 Å². The fourth-order valence-electron chi connectivity index (χ4n) is 2.57. The van der Waals surface area contributed by atoms with E-state index in [0.717, 1.165) is 12.3 Å². The summed E-state index contributed by atoms with van der Waals surface area (Å²) in [4.78, 5) is 46.3. The molecule has 0 saturated carbocycles. The number of carbonyl (C=O) groups excluding carboxylic acids is 3. The Morgan fingerprint density at radius 3 is 2.55 bits per heavy atom. The molecule has 0 atom stereocenters. The van der Waals surface area contributed by atoms with E-state index in [9.17, 15) is 24.5 Å². The predicted octanol–water partition coefficient (Wildman–Crippen LogP) is 3.52. The monoisotopic (exact) mass is 450 g/mol. The smallest absolute Gasteiger partial charge is 0.379 e. The lowest BCUT2D eigenvalue weighted by Gasteiger charge is -2.06. The molecular formula is C22H18N4O7. The van der Waals surface area contributed by atoms with Crippen LogP contribution < -0.4 is 15.5 Å². The molecule has 11 heteroatoms. The van der Waals surface area contributed by atoms with Crippen molar-refractivity contribution < 1.29 is 28.5 Å². The van der Waals surface area contributed by atoms with Gasteiger partial charge in [0.05, 0.1) is 17.4 Å². The Labute approximate surface area is 187 Å². The number of non-ortho nitro benzene ring substituents is 1. The van der Waals surface area contributed by atoms with Crippen molar-refractivity contribution in [2.24, 2.45) is 5.10 Å². The molecule has 0 unspecified atom stereocenters. The summed E-state index contributed by atoms with van der Waals surface area (Å²) in [5.41, 5.74) is 2.93. The fraction of sp³-hybridized carbons (Fsp3) is 0.0909. The summed E-state index contributed by atoms with van der Waals surface area (Å²) in [6.07, 6.45) is 2.74. The molecule has 0 aliphatic rings. The first-order valence-corrected chi connectivity index (χ1v) is 9.65. The Balaban J connectivity index is 1.72. The van der Waals surface area contributed by atoms with E-state index < -0.39 is 16.8 Å². The summed E-state index contributed by atoms with van der Waals surface area (Å²) >= 11 is 0. The highest BCUT2D eigenvalue weighted by atomic mass is 16.6. The molecule has 2 amide bonds. The van der Waals surface area contributed by atoms with Crippen LogP contribution in [0.5, 0.6) is 5.75 Å². The van der Waals surface area contributed by atoms with E-state index in [1.54, 1.807) is 19.1 Å². The molecule has 0 bridgehead atoms. The van der Waals surface area contributed by atoms with Crippen LogP contribution in [0.25, 0.3) is 0 Å². The van der Waals surface area contributed by atoms with Crippen LogP contribution in [0.4, 0.5) is 11.4 Å². The second-order valence-corrected chi connectivity index (χ2v) is 6.52. The van der Waals surface area contributed by atoms with Gasteiger partial charge >= 0.3 is 5.97 Å². The zero-order valence-corrected chi connectivity index (χ0v) is 17.3. The van der Waals surface area contributed by atoms with Gasteiger partial charge in [-0.1, -0.05) is 6.92 Å². The van der Waals surface area contributed by atoms with Crippen molar-refractivity contribution in [3.63, 3.8) is 0 Å². The first-order chi connectivity index (χ1) is 15.9. The van der Waals surface area contributed by atoms with Crippen LogP contribution in [0, 0.1) is 10.1 Å². The van der Waals surface area contributed by atoms with Gasteiger partial charge in [0.15, 0.2) is 0 Å². The number of nitrogens with one attached hydrogen (secondary N) is 2. The van der Waals surface area contributed by atoms with Gasteiger partial charge in [0.1, 0.15) is 5.75 Å². The quantitative estimate of drug-likeness (QED) is 0.175. The number of furan rings is 1. The van der Waals surface area contributed by atoms with Gasteiger partial charge in [-0.2, -0.15) is 5.10 Å². The minimum absolute atomic E-state index is 0.0176. The number of hydrogen-bond acceptors (Lipinski definition) is 8. The summed E-state index contributed by atoms with van der Waals surface area (Å²) in [6.45, 7) is 1.72. The van der Waals surface area contributed by atoms with Crippen molar-refractivity contribution in [1.82, 2.24) is 5.43 Å². The molecule has 0 spiro atoms. The number of hydrazone groups is 1. The predicted molar refractivity (Wildman–Crippen MR) is 117 cm³/mol. The van der Waals surface area contributed by atoms with Crippen molar-refractivity contribution in [2.75, 3.05) is 5.32 Å². The second kappa shape index (κ2) is 10.5. The van der Waals surface area contributed by atoms with Crippen molar-refractivity contribution in [3.8, 4) is 5.75 Å². The number of nitro benzene ring substituents is 1. The number of benzene rings is 2. The van der Waals surface area contributed by atoms with Crippen LogP contribution >= 0.6 is 0 Å². The van der Waals surface area contributed by atoms with Crippen LogP contribution in [-0.2, 0) is 4.79 Å². The zero-order chi connectivity index (χ0) is 23.8. The molecule has 0 saturated heterocycles. The molecule has 11 nitrogen and oxygen atoms in total. The lowest BCUT2D eigenvalue weighted by Crippen LogP contribution is -2.18. The van der Waals surface area contributed by atoms with Crippen LogP contribution in [0.15, 0.2) is 70.4 Å². The van der Waals surface area contributed by atoms with Gasteiger partial charge in [0, 0.05) is 35.4 Å².